The minimum atomic E-state index is -0.143. The fourth-order valence-corrected chi connectivity index (χ4v) is 3.42. The molecule has 3 rings (SSSR count). The molecule has 1 amide bonds. The van der Waals surface area contributed by atoms with Gasteiger partial charge < -0.3 is 10.1 Å². The summed E-state index contributed by atoms with van der Waals surface area (Å²) in [5.41, 5.74) is 1.63. The van der Waals surface area contributed by atoms with E-state index in [2.05, 4.69) is 5.32 Å². The maximum atomic E-state index is 12.3. The molecule has 1 heterocycles. The van der Waals surface area contributed by atoms with Gasteiger partial charge in [-0.15, -0.1) is 0 Å². The first-order valence-corrected chi connectivity index (χ1v) is 8.52. The molecule has 0 radical (unpaired) electrons. The van der Waals surface area contributed by atoms with E-state index in [0.29, 0.717) is 29.6 Å². The van der Waals surface area contributed by atoms with Crippen LogP contribution < -0.4 is 14.9 Å². The average molecular weight is 332 g/mol. The van der Waals surface area contributed by atoms with Crippen LogP contribution in [-0.2, 0) is 6.54 Å². The van der Waals surface area contributed by atoms with E-state index in [1.165, 1.54) is 12.8 Å². The van der Waals surface area contributed by atoms with Crippen molar-refractivity contribution < 1.29 is 9.53 Å². The Morgan fingerprint density at radius 3 is 2.83 bits per heavy atom. The monoisotopic (exact) mass is 332 g/mol. The van der Waals surface area contributed by atoms with Crippen LogP contribution in [0.5, 0.6) is 5.75 Å². The van der Waals surface area contributed by atoms with Gasteiger partial charge in [0.05, 0.1) is 13.7 Å². The fraction of sp³-hybridized carbons (Fsp3) is 0.412. The summed E-state index contributed by atoms with van der Waals surface area (Å²) in [4.78, 5) is 24.9. The summed E-state index contributed by atoms with van der Waals surface area (Å²) in [6, 6.07) is 7.59. The molecule has 0 unspecified atom stereocenters. The molecular formula is C17H20N2O3S. The van der Waals surface area contributed by atoms with Crippen LogP contribution in [0.2, 0.25) is 0 Å². The van der Waals surface area contributed by atoms with Crippen molar-refractivity contribution >= 4 is 17.2 Å². The van der Waals surface area contributed by atoms with Crippen molar-refractivity contribution in [3.63, 3.8) is 0 Å². The Morgan fingerprint density at radius 2 is 2.13 bits per heavy atom. The molecule has 122 valence electrons. The Hall–Kier alpha value is -2.08. The van der Waals surface area contributed by atoms with Crippen molar-refractivity contribution in [1.82, 2.24) is 9.88 Å². The predicted octanol–water partition coefficient (Wildman–Crippen LogP) is 2.41. The van der Waals surface area contributed by atoms with Gasteiger partial charge in [0.15, 0.2) is 0 Å². The van der Waals surface area contributed by atoms with Crippen LogP contribution in [0.3, 0.4) is 0 Å². The summed E-state index contributed by atoms with van der Waals surface area (Å²) in [5.74, 6) is 1.21. The number of methoxy groups -OCH3 is 1. The predicted molar refractivity (Wildman–Crippen MR) is 90.5 cm³/mol. The number of ether oxygens (including phenoxy) is 1. The SMILES string of the molecule is COc1ccccc1Cn1c(C)c(C(=O)NCC2CC2)sc1=O. The van der Waals surface area contributed by atoms with Gasteiger partial charge in [0.1, 0.15) is 10.6 Å². The molecule has 1 fully saturated rings. The van der Waals surface area contributed by atoms with E-state index >= 15 is 0 Å². The molecule has 1 saturated carbocycles. The number of nitrogens with one attached hydrogen (secondary N) is 1. The Balaban J connectivity index is 1.82. The molecule has 0 bridgehead atoms. The van der Waals surface area contributed by atoms with E-state index in [-0.39, 0.29) is 10.8 Å². The van der Waals surface area contributed by atoms with Crippen LogP contribution in [0.25, 0.3) is 0 Å². The Morgan fingerprint density at radius 1 is 1.39 bits per heavy atom. The first-order chi connectivity index (χ1) is 11.1. The van der Waals surface area contributed by atoms with Crippen LogP contribution in [0.1, 0.15) is 33.8 Å². The summed E-state index contributed by atoms with van der Waals surface area (Å²) in [5, 5.41) is 2.92. The van der Waals surface area contributed by atoms with Gasteiger partial charge in [-0.05, 0) is 31.7 Å². The molecule has 0 atom stereocenters. The smallest absolute Gasteiger partial charge is 0.308 e. The fourth-order valence-electron chi connectivity index (χ4n) is 2.51. The summed E-state index contributed by atoms with van der Waals surface area (Å²) >= 11 is 1.01. The lowest BCUT2D eigenvalue weighted by Crippen LogP contribution is -2.25. The Kier molecular flexibility index (Phi) is 4.52. The normalized spacial score (nSPS) is 13.8. The molecule has 6 heteroatoms. The Labute approximate surface area is 138 Å². The minimum Gasteiger partial charge on any atom is -0.496 e. The highest BCUT2D eigenvalue weighted by Gasteiger charge is 2.24. The van der Waals surface area contributed by atoms with Crippen molar-refractivity contribution in [2.45, 2.75) is 26.3 Å². The van der Waals surface area contributed by atoms with Gasteiger partial charge in [-0.1, -0.05) is 29.5 Å². The lowest BCUT2D eigenvalue weighted by Gasteiger charge is -2.10. The second-order valence-corrected chi connectivity index (χ2v) is 6.80. The number of nitrogens with zero attached hydrogens (tertiary/aromatic N) is 1. The van der Waals surface area contributed by atoms with Gasteiger partial charge in [-0.3, -0.25) is 14.2 Å². The third kappa shape index (κ3) is 3.47. The average Bonchev–Trinajstić information content (AvgIpc) is 3.34. The van der Waals surface area contributed by atoms with Crippen molar-refractivity contribution in [3.05, 3.63) is 50.1 Å². The number of aromatic nitrogens is 1. The highest BCUT2D eigenvalue weighted by molar-refractivity contribution is 7.11. The number of para-hydroxylation sites is 1. The number of carbonyl (C=O) groups excluding carboxylic acids is 1. The summed E-state index contributed by atoms with van der Waals surface area (Å²) in [6.07, 6.45) is 2.37. The van der Waals surface area contributed by atoms with Gasteiger partial charge in [-0.2, -0.15) is 0 Å². The zero-order chi connectivity index (χ0) is 16.4. The molecule has 1 aromatic carbocycles. The highest BCUT2D eigenvalue weighted by atomic mass is 32.1. The van der Waals surface area contributed by atoms with Crippen LogP contribution in [0.15, 0.2) is 29.1 Å². The van der Waals surface area contributed by atoms with Crippen molar-refractivity contribution in [3.8, 4) is 5.75 Å². The summed E-state index contributed by atoms with van der Waals surface area (Å²) in [7, 11) is 1.61. The summed E-state index contributed by atoms with van der Waals surface area (Å²) in [6.45, 7) is 2.93. The quantitative estimate of drug-likeness (QED) is 0.884. The van der Waals surface area contributed by atoms with Gasteiger partial charge in [-0.25, -0.2) is 0 Å². The number of thiazole rings is 1. The van der Waals surface area contributed by atoms with E-state index in [1.54, 1.807) is 11.7 Å². The molecule has 0 saturated heterocycles. The van der Waals surface area contributed by atoms with Crippen LogP contribution in [0, 0.1) is 12.8 Å². The van der Waals surface area contributed by atoms with Crippen molar-refractivity contribution in [2.24, 2.45) is 5.92 Å². The number of amides is 1. The van der Waals surface area contributed by atoms with Crippen molar-refractivity contribution in [2.75, 3.05) is 13.7 Å². The maximum absolute atomic E-state index is 12.3. The van der Waals surface area contributed by atoms with E-state index < -0.39 is 0 Å². The molecule has 1 aliphatic carbocycles. The highest BCUT2D eigenvalue weighted by Crippen LogP contribution is 2.28. The van der Waals surface area contributed by atoms with Gasteiger partial charge in [0, 0.05) is 17.8 Å². The third-order valence-corrected chi connectivity index (χ3v) is 5.20. The largest absolute Gasteiger partial charge is 0.496 e. The first-order valence-electron chi connectivity index (χ1n) is 7.70. The second-order valence-electron chi connectivity index (χ2n) is 5.83. The molecule has 2 aromatic rings. The van der Waals surface area contributed by atoms with Crippen LogP contribution >= 0.6 is 11.3 Å². The zero-order valence-electron chi connectivity index (χ0n) is 13.3. The third-order valence-electron chi connectivity index (χ3n) is 4.12. The number of benzene rings is 1. The summed E-state index contributed by atoms with van der Waals surface area (Å²) < 4.78 is 6.97. The minimum absolute atomic E-state index is 0.120. The topological polar surface area (TPSA) is 60.3 Å². The lowest BCUT2D eigenvalue weighted by atomic mass is 10.2. The Bertz CT molecular complexity index is 774. The van der Waals surface area contributed by atoms with Gasteiger partial charge in [0.2, 0.25) is 0 Å². The molecule has 1 aliphatic rings. The molecule has 23 heavy (non-hydrogen) atoms. The lowest BCUT2D eigenvalue weighted by molar-refractivity contribution is 0.0954. The van der Waals surface area contributed by atoms with Gasteiger partial charge >= 0.3 is 4.87 Å². The molecule has 0 aliphatic heterocycles. The molecule has 1 N–H and O–H groups in total. The second kappa shape index (κ2) is 6.58. The van der Waals surface area contributed by atoms with Crippen molar-refractivity contribution in [1.29, 1.82) is 0 Å². The van der Waals surface area contributed by atoms with Crippen LogP contribution in [-0.4, -0.2) is 24.1 Å². The standard InChI is InChI=1S/C17H20N2O3S/c1-11-15(16(20)18-9-12-7-8-12)23-17(21)19(11)10-13-5-3-4-6-14(13)22-2/h3-6,12H,7-10H2,1-2H3,(H,18,20). The van der Waals surface area contributed by atoms with E-state index in [0.717, 1.165) is 22.6 Å². The number of carbonyl (C=O) groups is 1. The zero-order valence-corrected chi connectivity index (χ0v) is 14.1. The maximum Gasteiger partial charge on any atom is 0.308 e. The number of rotatable bonds is 6. The van der Waals surface area contributed by atoms with E-state index in [9.17, 15) is 9.59 Å². The van der Waals surface area contributed by atoms with E-state index in [1.807, 2.05) is 31.2 Å². The first kappa shape index (κ1) is 15.8. The molecule has 1 aromatic heterocycles. The molecule has 0 spiro atoms. The van der Waals surface area contributed by atoms with Crippen LogP contribution in [0.4, 0.5) is 0 Å². The van der Waals surface area contributed by atoms with E-state index in [4.69, 9.17) is 4.74 Å². The number of hydrogen-bond donors (Lipinski definition) is 1. The molecular weight excluding hydrogens is 312 g/mol. The number of hydrogen-bond acceptors (Lipinski definition) is 4. The van der Waals surface area contributed by atoms with Gasteiger partial charge in [0.25, 0.3) is 5.91 Å². The molecule has 5 nitrogen and oxygen atoms in total.